The van der Waals surface area contributed by atoms with Crippen LogP contribution >= 0.6 is 0 Å². The van der Waals surface area contributed by atoms with E-state index in [1.54, 1.807) is 19.2 Å². The first-order valence-electron chi connectivity index (χ1n) is 8.88. The Morgan fingerprint density at radius 3 is 2.79 bits per heavy atom. The van der Waals surface area contributed by atoms with Gasteiger partial charge in [0.05, 0.1) is 12.7 Å². The minimum absolute atomic E-state index is 0.189. The third-order valence-corrected chi connectivity index (χ3v) is 5.78. The van der Waals surface area contributed by atoms with E-state index in [2.05, 4.69) is 11.8 Å². The molecule has 0 saturated carbocycles. The van der Waals surface area contributed by atoms with Crippen LogP contribution < -0.4 is 4.74 Å². The molecule has 1 N–H and O–H groups in total. The van der Waals surface area contributed by atoms with Crippen molar-refractivity contribution >= 4 is 0 Å². The Morgan fingerprint density at radius 1 is 1.38 bits per heavy atom. The molecular formula is C19H28FNO3. The van der Waals surface area contributed by atoms with Crippen LogP contribution in [0.3, 0.4) is 0 Å². The number of ether oxygens (including phenoxy) is 2. The summed E-state index contributed by atoms with van der Waals surface area (Å²) in [7, 11) is 1.61. The van der Waals surface area contributed by atoms with E-state index in [1.165, 1.54) is 6.07 Å². The number of benzene rings is 1. The van der Waals surface area contributed by atoms with Crippen molar-refractivity contribution in [3.05, 3.63) is 29.6 Å². The molecule has 0 amide bonds. The monoisotopic (exact) mass is 337 g/mol. The average Bonchev–Trinajstić information content (AvgIpc) is 2.59. The van der Waals surface area contributed by atoms with Gasteiger partial charge >= 0.3 is 0 Å². The number of piperidine rings is 1. The van der Waals surface area contributed by atoms with Crippen LogP contribution in [0.1, 0.15) is 31.7 Å². The topological polar surface area (TPSA) is 41.9 Å². The first-order valence-corrected chi connectivity index (χ1v) is 8.88. The molecule has 24 heavy (non-hydrogen) atoms. The van der Waals surface area contributed by atoms with Crippen molar-refractivity contribution in [2.45, 2.75) is 38.3 Å². The van der Waals surface area contributed by atoms with Crippen molar-refractivity contribution in [1.29, 1.82) is 0 Å². The highest BCUT2D eigenvalue weighted by molar-refractivity contribution is 5.33. The van der Waals surface area contributed by atoms with E-state index in [-0.39, 0.29) is 11.7 Å². The van der Waals surface area contributed by atoms with Crippen LogP contribution in [0.4, 0.5) is 4.39 Å². The Hall–Kier alpha value is -1.17. The average molecular weight is 337 g/mol. The zero-order valence-corrected chi connectivity index (χ0v) is 14.6. The number of methoxy groups -OCH3 is 1. The van der Waals surface area contributed by atoms with Gasteiger partial charge in [-0.25, -0.2) is 4.39 Å². The molecule has 0 aliphatic carbocycles. The fraction of sp³-hybridized carbons (Fsp3) is 0.684. The van der Waals surface area contributed by atoms with E-state index in [0.717, 1.165) is 51.1 Å². The summed E-state index contributed by atoms with van der Waals surface area (Å²) in [5, 5.41) is 11.2. The lowest BCUT2D eigenvalue weighted by Gasteiger charge is -2.48. The van der Waals surface area contributed by atoms with Gasteiger partial charge in [0.2, 0.25) is 0 Å². The Balaban J connectivity index is 1.66. The van der Waals surface area contributed by atoms with Crippen molar-refractivity contribution in [3.63, 3.8) is 0 Å². The number of hydrogen-bond acceptors (Lipinski definition) is 4. The van der Waals surface area contributed by atoms with Crippen LogP contribution in [-0.4, -0.2) is 49.0 Å². The fourth-order valence-electron chi connectivity index (χ4n) is 4.28. The molecule has 0 aromatic heterocycles. The van der Waals surface area contributed by atoms with Crippen LogP contribution in [-0.2, 0) is 11.3 Å². The first-order chi connectivity index (χ1) is 11.5. The first kappa shape index (κ1) is 17.6. The number of rotatable bonds is 4. The minimum atomic E-state index is -0.605. The summed E-state index contributed by atoms with van der Waals surface area (Å²) in [5.41, 5.74) is 0.257. The van der Waals surface area contributed by atoms with Gasteiger partial charge in [0.25, 0.3) is 0 Å². The molecule has 0 bridgehead atoms. The fourth-order valence-corrected chi connectivity index (χ4v) is 4.28. The van der Waals surface area contributed by atoms with Crippen molar-refractivity contribution in [3.8, 4) is 5.75 Å². The molecule has 0 radical (unpaired) electrons. The van der Waals surface area contributed by atoms with Crippen LogP contribution in [0.15, 0.2) is 18.2 Å². The molecule has 0 unspecified atom stereocenters. The van der Waals surface area contributed by atoms with E-state index in [0.29, 0.717) is 18.2 Å². The summed E-state index contributed by atoms with van der Waals surface area (Å²) in [6.45, 7) is 5.92. The quantitative estimate of drug-likeness (QED) is 0.917. The molecule has 2 aliphatic heterocycles. The van der Waals surface area contributed by atoms with E-state index in [1.807, 2.05) is 0 Å². The molecule has 3 rings (SSSR count). The van der Waals surface area contributed by atoms with Gasteiger partial charge in [-0.05, 0) is 49.3 Å². The number of likely N-dealkylation sites (tertiary alicyclic amines) is 1. The molecule has 134 valence electrons. The van der Waals surface area contributed by atoms with Gasteiger partial charge in [0, 0.05) is 38.4 Å². The van der Waals surface area contributed by atoms with Crippen molar-refractivity contribution < 1.29 is 19.0 Å². The van der Waals surface area contributed by atoms with Gasteiger partial charge < -0.3 is 14.6 Å². The predicted octanol–water partition coefficient (Wildman–Crippen LogP) is 2.83. The molecule has 2 aliphatic rings. The summed E-state index contributed by atoms with van der Waals surface area (Å²) in [6, 6.07) is 4.64. The highest BCUT2D eigenvalue weighted by Gasteiger charge is 2.45. The molecule has 2 atom stereocenters. The lowest BCUT2D eigenvalue weighted by Crippen LogP contribution is -2.55. The van der Waals surface area contributed by atoms with Crippen molar-refractivity contribution in [2.24, 2.45) is 11.8 Å². The smallest absolute Gasteiger partial charge is 0.123 e. The maximum absolute atomic E-state index is 13.6. The molecule has 4 nitrogen and oxygen atoms in total. The SMILES string of the molecule is COc1ccc(F)cc1CN1CC[C@@](O)(C2CCOCC2)[C@H](C)C1. The summed E-state index contributed by atoms with van der Waals surface area (Å²) in [4.78, 5) is 2.29. The van der Waals surface area contributed by atoms with E-state index < -0.39 is 5.60 Å². The van der Waals surface area contributed by atoms with Gasteiger partial charge in [-0.1, -0.05) is 6.92 Å². The molecular weight excluding hydrogens is 309 g/mol. The second-order valence-corrected chi connectivity index (χ2v) is 7.22. The van der Waals surface area contributed by atoms with Crippen LogP contribution in [0.2, 0.25) is 0 Å². The normalized spacial score (nSPS) is 29.6. The van der Waals surface area contributed by atoms with Gasteiger partial charge in [0.15, 0.2) is 0 Å². The Bertz CT molecular complexity index is 562. The summed E-state index contributed by atoms with van der Waals surface area (Å²) >= 11 is 0. The zero-order chi connectivity index (χ0) is 17.2. The van der Waals surface area contributed by atoms with Crippen LogP contribution in [0, 0.1) is 17.7 Å². The number of nitrogens with zero attached hydrogens (tertiary/aromatic N) is 1. The maximum Gasteiger partial charge on any atom is 0.123 e. The second-order valence-electron chi connectivity index (χ2n) is 7.22. The van der Waals surface area contributed by atoms with Gasteiger partial charge in [-0.15, -0.1) is 0 Å². The standard InChI is InChI=1S/C19H28FNO3/c1-14-12-21(13-15-11-17(20)3-4-18(15)23-2)8-7-19(14,22)16-5-9-24-10-6-16/h3-4,11,14,16,22H,5-10,12-13H2,1-2H3/t14-,19+/m1/s1. The highest BCUT2D eigenvalue weighted by atomic mass is 19.1. The Kier molecular flexibility index (Phi) is 5.42. The highest BCUT2D eigenvalue weighted by Crippen LogP contribution is 2.39. The molecule has 2 fully saturated rings. The molecule has 0 spiro atoms. The summed E-state index contributed by atoms with van der Waals surface area (Å²) < 4.78 is 24.3. The Labute approximate surface area is 143 Å². The summed E-state index contributed by atoms with van der Waals surface area (Å²) in [5.74, 6) is 0.991. The zero-order valence-electron chi connectivity index (χ0n) is 14.6. The number of hydrogen-bond donors (Lipinski definition) is 1. The lowest BCUT2D eigenvalue weighted by molar-refractivity contribution is -0.131. The van der Waals surface area contributed by atoms with Gasteiger partial charge in [0.1, 0.15) is 11.6 Å². The summed E-state index contributed by atoms with van der Waals surface area (Å²) in [6.07, 6.45) is 2.65. The van der Waals surface area contributed by atoms with Crippen molar-refractivity contribution in [1.82, 2.24) is 4.90 Å². The van der Waals surface area contributed by atoms with Crippen molar-refractivity contribution in [2.75, 3.05) is 33.4 Å². The largest absolute Gasteiger partial charge is 0.496 e. The number of aliphatic hydroxyl groups is 1. The lowest BCUT2D eigenvalue weighted by atomic mass is 9.70. The van der Waals surface area contributed by atoms with E-state index in [9.17, 15) is 9.50 Å². The Morgan fingerprint density at radius 2 is 2.12 bits per heavy atom. The molecule has 1 aromatic rings. The van der Waals surface area contributed by atoms with Gasteiger partial charge in [-0.2, -0.15) is 0 Å². The maximum atomic E-state index is 13.6. The van der Waals surface area contributed by atoms with E-state index >= 15 is 0 Å². The van der Waals surface area contributed by atoms with Gasteiger partial charge in [-0.3, -0.25) is 4.90 Å². The predicted molar refractivity (Wildman–Crippen MR) is 90.5 cm³/mol. The second kappa shape index (κ2) is 7.38. The molecule has 2 heterocycles. The number of halogens is 1. The molecule has 2 saturated heterocycles. The van der Waals surface area contributed by atoms with Crippen LogP contribution in [0.5, 0.6) is 5.75 Å². The molecule has 1 aromatic carbocycles. The third-order valence-electron chi connectivity index (χ3n) is 5.78. The third kappa shape index (κ3) is 3.58. The van der Waals surface area contributed by atoms with Crippen LogP contribution in [0.25, 0.3) is 0 Å². The molecule has 5 heteroatoms. The van der Waals surface area contributed by atoms with E-state index in [4.69, 9.17) is 9.47 Å². The minimum Gasteiger partial charge on any atom is -0.496 e.